The Balaban J connectivity index is 1.54. The summed E-state index contributed by atoms with van der Waals surface area (Å²) >= 11 is 3.33. The number of amides is 2. The Morgan fingerprint density at radius 1 is 1.14 bits per heavy atom. The lowest BCUT2D eigenvalue weighted by molar-refractivity contribution is 0.255. The molecule has 0 unspecified atom stereocenters. The van der Waals surface area contributed by atoms with Gasteiger partial charge in [0.15, 0.2) is 0 Å². The van der Waals surface area contributed by atoms with E-state index in [0.717, 1.165) is 30.7 Å². The summed E-state index contributed by atoms with van der Waals surface area (Å²) in [6.07, 6.45) is 1.48. The van der Waals surface area contributed by atoms with Crippen LogP contribution in [0.25, 0.3) is 0 Å². The monoisotopic (exact) mass is 370 g/mol. The lowest BCUT2D eigenvalue weighted by Crippen LogP contribution is -2.23. The quantitative estimate of drug-likeness (QED) is 0.617. The molecule has 1 aromatic rings. The summed E-state index contributed by atoms with van der Waals surface area (Å²) in [5, 5.41) is 5.30. The average Bonchev–Trinajstić information content (AvgIpc) is 3.30. The molecule has 2 heterocycles. The van der Waals surface area contributed by atoms with Crippen molar-refractivity contribution in [3.05, 3.63) is 40.8 Å². The molecule has 8 heteroatoms. The van der Waals surface area contributed by atoms with Gasteiger partial charge in [0.05, 0.1) is 0 Å². The van der Waals surface area contributed by atoms with Crippen LogP contribution in [0.1, 0.15) is 0 Å². The summed E-state index contributed by atoms with van der Waals surface area (Å²) in [4.78, 5) is 11.8. The zero-order chi connectivity index (χ0) is 14.9. The summed E-state index contributed by atoms with van der Waals surface area (Å²) in [5.74, 6) is 1.62. The Kier molecular flexibility index (Phi) is 4.17. The Labute approximate surface area is 131 Å². The minimum atomic E-state index is -2.55. The highest BCUT2D eigenvalue weighted by Crippen LogP contribution is 2.61. The van der Waals surface area contributed by atoms with E-state index in [1.54, 1.807) is 17.9 Å². The number of halogens is 1. The summed E-state index contributed by atoms with van der Waals surface area (Å²) in [6.45, 7) is 3.46. The van der Waals surface area contributed by atoms with Crippen LogP contribution in [-0.4, -0.2) is 41.6 Å². The molecule has 0 saturated carbocycles. The first-order chi connectivity index (χ1) is 10.1. The van der Waals surface area contributed by atoms with Crippen LogP contribution in [0.5, 0.6) is 0 Å². The molecule has 112 valence electrons. The highest BCUT2D eigenvalue weighted by Gasteiger charge is 2.45. The van der Waals surface area contributed by atoms with Crippen molar-refractivity contribution in [2.75, 3.05) is 31.5 Å². The van der Waals surface area contributed by atoms with Gasteiger partial charge in [-0.05, 0) is 24.3 Å². The number of benzene rings is 1. The molecular formula is C13H16BrN4O2P. The normalized spacial score (nSPS) is 18.7. The summed E-state index contributed by atoms with van der Waals surface area (Å²) in [7, 11) is -2.55. The van der Waals surface area contributed by atoms with E-state index in [2.05, 4.69) is 26.6 Å². The van der Waals surface area contributed by atoms with E-state index in [1.165, 1.54) is 6.20 Å². The number of rotatable bonds is 5. The third kappa shape index (κ3) is 3.74. The molecule has 0 atom stereocenters. The Hall–Kier alpha value is -1.14. The second-order valence-electron chi connectivity index (χ2n) is 4.92. The van der Waals surface area contributed by atoms with Gasteiger partial charge in [-0.2, -0.15) is 0 Å². The van der Waals surface area contributed by atoms with E-state index >= 15 is 0 Å². The zero-order valence-corrected chi connectivity index (χ0v) is 13.8. The molecule has 0 aliphatic carbocycles. The van der Waals surface area contributed by atoms with Gasteiger partial charge in [-0.15, -0.1) is 0 Å². The predicted octanol–water partition coefficient (Wildman–Crippen LogP) is 2.87. The number of hydrogen-bond donors (Lipinski definition) is 2. The van der Waals surface area contributed by atoms with Crippen molar-refractivity contribution in [3.8, 4) is 0 Å². The highest BCUT2D eigenvalue weighted by atomic mass is 79.9. The second-order valence-corrected chi connectivity index (χ2v) is 8.44. The Morgan fingerprint density at radius 2 is 1.71 bits per heavy atom. The molecule has 6 nitrogen and oxygen atoms in total. The Morgan fingerprint density at radius 3 is 2.24 bits per heavy atom. The molecule has 2 fully saturated rings. The van der Waals surface area contributed by atoms with Crippen molar-refractivity contribution in [1.82, 2.24) is 14.7 Å². The van der Waals surface area contributed by atoms with Crippen LogP contribution in [0.2, 0.25) is 0 Å². The van der Waals surface area contributed by atoms with E-state index in [1.807, 2.05) is 21.5 Å². The minimum absolute atomic E-state index is 0.350. The molecule has 0 radical (unpaired) electrons. The molecular weight excluding hydrogens is 355 g/mol. The molecule has 0 aromatic heterocycles. The van der Waals surface area contributed by atoms with Crippen LogP contribution >= 0.6 is 23.4 Å². The SMILES string of the molecule is O=C(N/C=C/P(=O)(N1CC1)N1CC1)Nc1ccc(Br)cc1. The van der Waals surface area contributed by atoms with Crippen molar-refractivity contribution >= 4 is 35.1 Å². The first-order valence-electron chi connectivity index (χ1n) is 6.69. The number of nitrogens with one attached hydrogen (secondary N) is 2. The predicted molar refractivity (Wildman–Crippen MR) is 86.2 cm³/mol. The van der Waals surface area contributed by atoms with Gasteiger partial charge in [0.25, 0.3) is 0 Å². The van der Waals surface area contributed by atoms with Crippen molar-refractivity contribution < 1.29 is 9.36 Å². The van der Waals surface area contributed by atoms with Gasteiger partial charge in [-0.25, -0.2) is 14.1 Å². The van der Waals surface area contributed by atoms with Crippen LogP contribution in [0, 0.1) is 0 Å². The minimum Gasteiger partial charge on any atom is -0.314 e. The maximum atomic E-state index is 12.7. The van der Waals surface area contributed by atoms with Crippen molar-refractivity contribution in [2.24, 2.45) is 0 Å². The van der Waals surface area contributed by atoms with Crippen molar-refractivity contribution in [3.63, 3.8) is 0 Å². The second kappa shape index (κ2) is 5.93. The first kappa shape index (κ1) is 14.8. The molecule has 2 saturated heterocycles. The van der Waals surface area contributed by atoms with Crippen LogP contribution < -0.4 is 10.6 Å². The average molecular weight is 371 g/mol. The van der Waals surface area contributed by atoms with Gasteiger partial charge in [-0.1, -0.05) is 15.9 Å². The summed E-state index contributed by atoms with van der Waals surface area (Å²) < 4.78 is 17.5. The third-order valence-electron chi connectivity index (χ3n) is 3.24. The highest BCUT2D eigenvalue weighted by molar-refractivity contribution is 9.10. The number of urea groups is 1. The lowest BCUT2D eigenvalue weighted by Gasteiger charge is -2.15. The molecule has 2 aliphatic heterocycles. The van der Waals surface area contributed by atoms with E-state index in [-0.39, 0.29) is 6.03 Å². The van der Waals surface area contributed by atoms with Crippen LogP contribution in [0.15, 0.2) is 40.8 Å². The Bertz CT molecular complexity index is 595. The van der Waals surface area contributed by atoms with Crippen LogP contribution in [0.3, 0.4) is 0 Å². The third-order valence-corrected chi connectivity index (χ3v) is 6.73. The number of carbonyl (C=O) groups excluding carboxylic acids is 1. The van der Waals surface area contributed by atoms with Gasteiger partial charge in [0, 0.05) is 48.4 Å². The van der Waals surface area contributed by atoms with E-state index < -0.39 is 7.44 Å². The fourth-order valence-corrected chi connectivity index (χ4v) is 4.53. The van der Waals surface area contributed by atoms with E-state index in [9.17, 15) is 9.36 Å². The van der Waals surface area contributed by atoms with Gasteiger partial charge >= 0.3 is 6.03 Å². The van der Waals surface area contributed by atoms with Crippen LogP contribution in [-0.2, 0) is 4.57 Å². The molecule has 2 aliphatic rings. The first-order valence-corrected chi connectivity index (χ1v) is 9.17. The molecule has 0 bridgehead atoms. The van der Waals surface area contributed by atoms with Crippen molar-refractivity contribution in [1.29, 1.82) is 0 Å². The molecule has 1 aromatic carbocycles. The maximum absolute atomic E-state index is 12.7. The number of anilines is 1. The number of carbonyl (C=O) groups is 1. The molecule has 2 amide bonds. The van der Waals surface area contributed by atoms with E-state index in [4.69, 9.17) is 0 Å². The summed E-state index contributed by atoms with van der Waals surface area (Å²) in [6, 6.07) is 6.94. The zero-order valence-electron chi connectivity index (χ0n) is 11.3. The molecule has 21 heavy (non-hydrogen) atoms. The van der Waals surface area contributed by atoms with Gasteiger partial charge in [-0.3, -0.25) is 4.57 Å². The molecule has 2 N–H and O–H groups in total. The summed E-state index contributed by atoms with van der Waals surface area (Å²) in [5.41, 5.74) is 0.698. The largest absolute Gasteiger partial charge is 0.323 e. The number of nitrogens with zero attached hydrogens (tertiary/aromatic N) is 2. The number of hydrogen-bond acceptors (Lipinski definition) is 2. The van der Waals surface area contributed by atoms with Crippen LogP contribution in [0.4, 0.5) is 10.5 Å². The van der Waals surface area contributed by atoms with Gasteiger partial charge < -0.3 is 10.6 Å². The molecule has 0 spiro atoms. The smallest absolute Gasteiger partial charge is 0.314 e. The fourth-order valence-electron chi connectivity index (χ4n) is 1.94. The van der Waals surface area contributed by atoms with Crippen molar-refractivity contribution in [2.45, 2.75) is 0 Å². The maximum Gasteiger partial charge on any atom is 0.323 e. The van der Waals surface area contributed by atoms with Gasteiger partial charge in [0.2, 0.25) is 7.44 Å². The standard InChI is InChI=1S/C13H16BrN4O2P/c14-11-1-3-12(4-2-11)16-13(19)15-5-10-21(20,17-6-7-17)18-8-9-18/h1-5,10H,6-9H2,(H2,15,16,19)/b10-5+. The lowest BCUT2D eigenvalue weighted by atomic mass is 10.3. The topological polar surface area (TPSA) is 64.2 Å². The van der Waals surface area contributed by atoms with E-state index in [0.29, 0.717) is 5.69 Å². The molecule has 3 rings (SSSR count). The van der Waals surface area contributed by atoms with Gasteiger partial charge in [0.1, 0.15) is 0 Å². The fraction of sp³-hybridized carbons (Fsp3) is 0.308.